The molecular formula is C20H23N5O4. The predicted molar refractivity (Wildman–Crippen MR) is 106 cm³/mol. The van der Waals surface area contributed by atoms with Crippen molar-refractivity contribution in [3.63, 3.8) is 0 Å². The van der Waals surface area contributed by atoms with Gasteiger partial charge in [-0.15, -0.1) is 0 Å². The highest BCUT2D eigenvalue weighted by Crippen LogP contribution is 2.31. The molecule has 0 spiro atoms. The average Bonchev–Trinajstić information content (AvgIpc) is 3.14. The van der Waals surface area contributed by atoms with E-state index in [-0.39, 0.29) is 17.9 Å². The van der Waals surface area contributed by atoms with Crippen molar-refractivity contribution in [2.24, 2.45) is 0 Å². The van der Waals surface area contributed by atoms with Crippen molar-refractivity contribution in [1.82, 2.24) is 25.1 Å². The van der Waals surface area contributed by atoms with Gasteiger partial charge >= 0.3 is 0 Å². The first-order valence-electron chi connectivity index (χ1n) is 9.08. The number of hydrogen-bond acceptors (Lipinski definition) is 7. The summed E-state index contributed by atoms with van der Waals surface area (Å²) in [7, 11) is 3.16. The Labute approximate surface area is 168 Å². The minimum atomic E-state index is -0.221. The molecule has 0 saturated carbocycles. The number of ether oxygens (including phenoxy) is 2. The summed E-state index contributed by atoms with van der Waals surface area (Å²) in [6.07, 6.45) is 5.36. The molecule has 1 atom stereocenters. The zero-order valence-corrected chi connectivity index (χ0v) is 16.5. The molecule has 0 aliphatic heterocycles. The summed E-state index contributed by atoms with van der Waals surface area (Å²) in [5, 5.41) is 17.6. The molecule has 1 amide bonds. The van der Waals surface area contributed by atoms with Crippen LogP contribution in [0.1, 0.15) is 23.7 Å². The molecule has 29 heavy (non-hydrogen) atoms. The molecule has 3 aromatic heterocycles. The third kappa shape index (κ3) is 4.69. The first kappa shape index (κ1) is 20.3. The summed E-state index contributed by atoms with van der Waals surface area (Å²) < 4.78 is 11.6. The van der Waals surface area contributed by atoms with Crippen LogP contribution in [0.4, 0.5) is 0 Å². The fraction of sp³-hybridized carbons (Fsp3) is 0.300. The van der Waals surface area contributed by atoms with Crippen LogP contribution in [0.2, 0.25) is 0 Å². The fourth-order valence-corrected chi connectivity index (χ4v) is 2.66. The standard InChI is InChI=1S/C20H23N5O4/c1-13(28-2)6-8-22-19(26)15-4-5-17(23-11-15)25-20(27)16(12-24-25)14-7-9-21-18(10-14)29-3/h4-5,7,9-13,27H,6,8H2,1-3H3,(H,22,26). The van der Waals surface area contributed by atoms with E-state index in [1.807, 2.05) is 6.92 Å². The Bertz CT molecular complexity index is 971. The Morgan fingerprint density at radius 2 is 2.07 bits per heavy atom. The van der Waals surface area contributed by atoms with Crippen molar-refractivity contribution in [2.45, 2.75) is 19.4 Å². The molecular weight excluding hydrogens is 374 g/mol. The topological polar surface area (TPSA) is 111 Å². The van der Waals surface area contributed by atoms with Crippen LogP contribution >= 0.6 is 0 Å². The van der Waals surface area contributed by atoms with E-state index in [1.54, 1.807) is 37.6 Å². The number of pyridine rings is 2. The van der Waals surface area contributed by atoms with E-state index in [0.717, 1.165) is 6.42 Å². The van der Waals surface area contributed by atoms with Crippen LogP contribution in [0.25, 0.3) is 16.9 Å². The van der Waals surface area contributed by atoms with E-state index in [9.17, 15) is 9.90 Å². The van der Waals surface area contributed by atoms with Crippen molar-refractivity contribution in [2.75, 3.05) is 20.8 Å². The van der Waals surface area contributed by atoms with Crippen LogP contribution in [-0.2, 0) is 4.74 Å². The monoisotopic (exact) mass is 397 g/mol. The molecule has 0 bridgehead atoms. The van der Waals surface area contributed by atoms with E-state index in [4.69, 9.17) is 9.47 Å². The van der Waals surface area contributed by atoms with Crippen molar-refractivity contribution in [3.05, 3.63) is 48.4 Å². The third-order valence-corrected chi connectivity index (χ3v) is 4.46. The molecule has 0 aromatic carbocycles. The highest BCUT2D eigenvalue weighted by molar-refractivity contribution is 5.93. The van der Waals surface area contributed by atoms with Crippen LogP contribution < -0.4 is 10.1 Å². The van der Waals surface area contributed by atoms with Gasteiger partial charge in [0.25, 0.3) is 5.91 Å². The molecule has 3 rings (SSSR count). The Hall–Kier alpha value is -3.46. The third-order valence-electron chi connectivity index (χ3n) is 4.46. The molecule has 152 valence electrons. The Balaban J connectivity index is 1.73. The lowest BCUT2D eigenvalue weighted by Gasteiger charge is -2.10. The maximum Gasteiger partial charge on any atom is 0.252 e. The number of methoxy groups -OCH3 is 2. The Morgan fingerprint density at radius 3 is 2.76 bits per heavy atom. The van der Waals surface area contributed by atoms with Gasteiger partial charge in [0, 0.05) is 32.1 Å². The Morgan fingerprint density at radius 1 is 1.24 bits per heavy atom. The van der Waals surface area contributed by atoms with E-state index in [2.05, 4.69) is 20.4 Å². The second kappa shape index (κ2) is 9.16. The highest BCUT2D eigenvalue weighted by atomic mass is 16.5. The normalized spacial score (nSPS) is 11.8. The van der Waals surface area contributed by atoms with Crippen molar-refractivity contribution in [1.29, 1.82) is 0 Å². The summed E-state index contributed by atoms with van der Waals surface area (Å²) in [5.41, 5.74) is 1.65. The molecule has 2 N–H and O–H groups in total. The van der Waals surface area contributed by atoms with Crippen LogP contribution in [0.15, 0.2) is 42.9 Å². The molecule has 0 saturated heterocycles. The van der Waals surface area contributed by atoms with E-state index < -0.39 is 0 Å². The Kier molecular flexibility index (Phi) is 6.40. The molecule has 3 aromatic rings. The number of amides is 1. The largest absolute Gasteiger partial charge is 0.493 e. The molecule has 0 aliphatic rings. The van der Waals surface area contributed by atoms with Gasteiger partial charge in [-0.1, -0.05) is 0 Å². The molecule has 1 unspecified atom stereocenters. The van der Waals surface area contributed by atoms with Gasteiger partial charge in [0.1, 0.15) is 0 Å². The number of rotatable bonds is 8. The minimum absolute atomic E-state index is 0.0727. The summed E-state index contributed by atoms with van der Waals surface area (Å²) in [5.74, 6) is 0.528. The van der Waals surface area contributed by atoms with Crippen LogP contribution in [-0.4, -0.2) is 57.6 Å². The molecule has 0 radical (unpaired) electrons. The van der Waals surface area contributed by atoms with Gasteiger partial charge in [0.05, 0.1) is 30.5 Å². The molecule has 9 nitrogen and oxygen atoms in total. The molecule has 9 heteroatoms. The lowest BCUT2D eigenvalue weighted by atomic mass is 10.1. The summed E-state index contributed by atoms with van der Waals surface area (Å²) in [6.45, 7) is 2.45. The lowest BCUT2D eigenvalue weighted by Crippen LogP contribution is -2.27. The first-order chi connectivity index (χ1) is 14.0. The number of nitrogens with one attached hydrogen (secondary N) is 1. The quantitative estimate of drug-likeness (QED) is 0.599. The average molecular weight is 397 g/mol. The van der Waals surface area contributed by atoms with Gasteiger partial charge in [-0.05, 0) is 37.1 Å². The van der Waals surface area contributed by atoms with E-state index in [1.165, 1.54) is 24.2 Å². The van der Waals surface area contributed by atoms with E-state index >= 15 is 0 Å². The minimum Gasteiger partial charge on any atom is -0.493 e. The van der Waals surface area contributed by atoms with Gasteiger partial charge in [-0.2, -0.15) is 9.78 Å². The van der Waals surface area contributed by atoms with Gasteiger partial charge in [0.15, 0.2) is 5.82 Å². The lowest BCUT2D eigenvalue weighted by molar-refractivity contribution is 0.0917. The number of aromatic nitrogens is 4. The van der Waals surface area contributed by atoms with Crippen LogP contribution in [0.5, 0.6) is 11.8 Å². The highest BCUT2D eigenvalue weighted by Gasteiger charge is 2.15. The molecule has 0 fully saturated rings. The van der Waals surface area contributed by atoms with Gasteiger partial charge in [-0.25, -0.2) is 9.97 Å². The summed E-state index contributed by atoms with van der Waals surface area (Å²) >= 11 is 0. The number of carbonyl (C=O) groups is 1. The maximum absolute atomic E-state index is 12.2. The van der Waals surface area contributed by atoms with Crippen LogP contribution in [0.3, 0.4) is 0 Å². The molecule has 3 heterocycles. The summed E-state index contributed by atoms with van der Waals surface area (Å²) in [6, 6.07) is 6.70. The first-order valence-corrected chi connectivity index (χ1v) is 9.08. The maximum atomic E-state index is 12.2. The number of nitrogens with zero attached hydrogens (tertiary/aromatic N) is 4. The van der Waals surface area contributed by atoms with Crippen molar-refractivity contribution < 1.29 is 19.4 Å². The number of aromatic hydroxyl groups is 1. The summed E-state index contributed by atoms with van der Waals surface area (Å²) in [4.78, 5) is 20.5. The zero-order valence-electron chi connectivity index (χ0n) is 16.5. The smallest absolute Gasteiger partial charge is 0.252 e. The van der Waals surface area contributed by atoms with Crippen molar-refractivity contribution in [3.8, 4) is 28.7 Å². The van der Waals surface area contributed by atoms with Crippen molar-refractivity contribution >= 4 is 5.91 Å². The number of hydrogen-bond donors (Lipinski definition) is 2. The fourth-order valence-electron chi connectivity index (χ4n) is 2.66. The predicted octanol–water partition coefficient (Wildman–Crippen LogP) is 2.20. The second-order valence-electron chi connectivity index (χ2n) is 6.38. The van der Waals surface area contributed by atoms with E-state index in [0.29, 0.717) is 34.9 Å². The SMILES string of the molecule is COc1cc(-c2cnn(-c3ccc(C(=O)NCCC(C)OC)cn3)c2O)ccn1. The van der Waals surface area contributed by atoms with Gasteiger partial charge < -0.3 is 19.9 Å². The second-order valence-corrected chi connectivity index (χ2v) is 6.38. The van der Waals surface area contributed by atoms with Crippen LogP contribution in [0, 0.1) is 0 Å². The molecule has 0 aliphatic carbocycles. The zero-order chi connectivity index (χ0) is 20.8. The number of carbonyl (C=O) groups excluding carboxylic acids is 1. The van der Waals surface area contributed by atoms with Gasteiger partial charge in [-0.3, -0.25) is 4.79 Å². The van der Waals surface area contributed by atoms with Gasteiger partial charge in [0.2, 0.25) is 11.8 Å².